The van der Waals surface area contributed by atoms with Gasteiger partial charge in [-0.2, -0.15) is 0 Å². The molecule has 7 heteroatoms. The number of rotatable bonds is 14. The van der Waals surface area contributed by atoms with Crippen LogP contribution in [0.4, 0.5) is 0 Å². The predicted molar refractivity (Wildman–Crippen MR) is 184 cm³/mol. The van der Waals surface area contributed by atoms with Crippen LogP contribution in [-0.2, 0) is 23.2 Å². The molecule has 2 fully saturated rings. The van der Waals surface area contributed by atoms with Crippen LogP contribution in [0.15, 0.2) is 12.2 Å². The van der Waals surface area contributed by atoms with Crippen LogP contribution >= 0.6 is 0 Å². The van der Waals surface area contributed by atoms with E-state index in [0.29, 0.717) is 32.1 Å². The summed E-state index contributed by atoms with van der Waals surface area (Å²) in [5, 5.41) is 0.230. The molecule has 0 aromatic carbocycles. The molecule has 0 spiro atoms. The highest BCUT2D eigenvalue weighted by Crippen LogP contribution is 2.52. The lowest BCUT2D eigenvalue weighted by Gasteiger charge is -2.51. The second-order valence-corrected chi connectivity index (χ2v) is 25.8. The summed E-state index contributed by atoms with van der Waals surface area (Å²) in [5.41, 5.74) is 0.270. The molecule has 0 heterocycles. The van der Waals surface area contributed by atoms with Gasteiger partial charge in [0.15, 0.2) is 16.6 Å². The van der Waals surface area contributed by atoms with Gasteiger partial charge in [0, 0.05) is 37.5 Å². The van der Waals surface area contributed by atoms with Gasteiger partial charge in [-0.1, -0.05) is 73.5 Å². The highest BCUT2D eigenvalue weighted by molar-refractivity contribution is 6.74. The molecule has 0 bridgehead atoms. The van der Waals surface area contributed by atoms with Gasteiger partial charge in [0.2, 0.25) is 0 Å². The number of ether oxygens (including phenoxy) is 1. The molecule has 2 aliphatic carbocycles. The SMILES string of the molecule is CCCC1(C(CC=C[C@H]2[C@H](O[Si](C)(C)C(C)(C)C)CC(=O)[C@@H]2CC#CCCCC(=O)OC)O[Si](C)(C)C(C)(C)C)CCC1. The molecule has 0 amide bonds. The van der Waals surface area contributed by atoms with Crippen LogP contribution in [0.25, 0.3) is 0 Å². The predicted octanol–water partition coefficient (Wildman–Crippen LogP) is 9.63. The summed E-state index contributed by atoms with van der Waals surface area (Å²) in [6, 6.07) is 0. The fraction of sp³-hybridized carbons (Fsp3) is 0.833. The van der Waals surface area contributed by atoms with Crippen molar-refractivity contribution in [2.45, 2.75) is 168 Å². The minimum atomic E-state index is -2.07. The third-order valence-corrected chi connectivity index (χ3v) is 20.0. The second-order valence-electron chi connectivity index (χ2n) is 16.3. The van der Waals surface area contributed by atoms with Crippen molar-refractivity contribution in [1.29, 1.82) is 0 Å². The smallest absolute Gasteiger partial charge is 0.305 e. The zero-order valence-corrected chi connectivity index (χ0v) is 31.8. The Morgan fingerprint density at radius 3 is 2.19 bits per heavy atom. The summed E-state index contributed by atoms with van der Waals surface area (Å²) in [6.45, 7) is 25.4. The average Bonchev–Trinajstić information content (AvgIpc) is 3.14. The summed E-state index contributed by atoms with van der Waals surface area (Å²) < 4.78 is 18.8. The van der Waals surface area contributed by atoms with Gasteiger partial charge in [0.05, 0.1) is 19.3 Å². The molecule has 0 aliphatic heterocycles. The van der Waals surface area contributed by atoms with Crippen LogP contribution < -0.4 is 0 Å². The molecular weight excluding hydrogens is 569 g/mol. The van der Waals surface area contributed by atoms with Gasteiger partial charge in [-0.05, 0) is 73.8 Å². The van der Waals surface area contributed by atoms with E-state index in [1.807, 2.05) is 0 Å². The Bertz CT molecular complexity index is 1020. The summed E-state index contributed by atoms with van der Waals surface area (Å²) >= 11 is 0. The van der Waals surface area contributed by atoms with Crippen molar-refractivity contribution in [1.82, 2.24) is 0 Å². The first-order valence-electron chi connectivity index (χ1n) is 16.9. The number of carbonyl (C=O) groups excluding carboxylic acids is 2. The molecule has 246 valence electrons. The minimum absolute atomic E-state index is 0.0167. The lowest BCUT2D eigenvalue weighted by Crippen LogP contribution is -2.51. The molecule has 0 aromatic heterocycles. The number of unbranched alkanes of at least 4 members (excludes halogenated alkanes) is 1. The van der Waals surface area contributed by atoms with Crippen molar-refractivity contribution in [3.63, 3.8) is 0 Å². The van der Waals surface area contributed by atoms with Crippen LogP contribution in [0.5, 0.6) is 0 Å². The third-order valence-electron chi connectivity index (χ3n) is 11.1. The molecule has 0 saturated heterocycles. The van der Waals surface area contributed by atoms with Crippen LogP contribution in [0.2, 0.25) is 36.3 Å². The van der Waals surface area contributed by atoms with Gasteiger partial charge in [-0.25, -0.2) is 0 Å². The lowest BCUT2D eigenvalue weighted by molar-refractivity contribution is -0.140. The Kier molecular flexibility index (Phi) is 13.6. The average molecular weight is 633 g/mol. The number of esters is 1. The summed E-state index contributed by atoms with van der Waals surface area (Å²) in [7, 11) is -2.61. The van der Waals surface area contributed by atoms with Gasteiger partial charge in [-0.3, -0.25) is 9.59 Å². The monoisotopic (exact) mass is 632 g/mol. The molecule has 43 heavy (non-hydrogen) atoms. The van der Waals surface area contributed by atoms with Crippen molar-refractivity contribution in [3.8, 4) is 11.8 Å². The lowest BCUT2D eigenvalue weighted by atomic mass is 9.62. The second kappa shape index (κ2) is 15.4. The zero-order chi connectivity index (χ0) is 32.7. The van der Waals surface area contributed by atoms with Crippen molar-refractivity contribution in [2.24, 2.45) is 17.3 Å². The number of hydrogen-bond acceptors (Lipinski definition) is 5. The maximum absolute atomic E-state index is 13.4. The van der Waals surface area contributed by atoms with E-state index in [-0.39, 0.29) is 51.3 Å². The molecule has 4 atom stereocenters. The normalized spacial score (nSPS) is 23.5. The van der Waals surface area contributed by atoms with E-state index in [1.165, 1.54) is 39.2 Å². The Hall–Kier alpha value is -1.21. The van der Waals surface area contributed by atoms with E-state index in [2.05, 4.69) is 98.6 Å². The Morgan fingerprint density at radius 2 is 1.67 bits per heavy atom. The van der Waals surface area contributed by atoms with Crippen molar-refractivity contribution < 1.29 is 23.2 Å². The zero-order valence-electron chi connectivity index (χ0n) is 29.8. The van der Waals surface area contributed by atoms with Crippen LogP contribution in [0, 0.1) is 29.1 Å². The third kappa shape index (κ3) is 10.1. The van der Waals surface area contributed by atoms with E-state index in [1.54, 1.807) is 0 Å². The van der Waals surface area contributed by atoms with E-state index in [4.69, 9.17) is 13.6 Å². The van der Waals surface area contributed by atoms with Gasteiger partial charge in [0.1, 0.15) is 5.78 Å². The summed E-state index contributed by atoms with van der Waals surface area (Å²) in [4.78, 5) is 24.8. The first-order valence-corrected chi connectivity index (χ1v) is 22.7. The van der Waals surface area contributed by atoms with E-state index >= 15 is 0 Å². The summed E-state index contributed by atoms with van der Waals surface area (Å²) in [6.07, 6.45) is 14.5. The van der Waals surface area contributed by atoms with Crippen LogP contribution in [0.1, 0.15) is 119 Å². The van der Waals surface area contributed by atoms with E-state index in [0.717, 1.165) is 6.42 Å². The molecule has 0 aromatic rings. The fourth-order valence-electron chi connectivity index (χ4n) is 6.01. The van der Waals surface area contributed by atoms with Gasteiger partial charge in [0.25, 0.3) is 0 Å². The van der Waals surface area contributed by atoms with Crippen LogP contribution in [0.3, 0.4) is 0 Å². The first-order chi connectivity index (χ1) is 19.8. The summed E-state index contributed by atoms with van der Waals surface area (Å²) in [5.74, 6) is 6.39. The van der Waals surface area contributed by atoms with Crippen molar-refractivity contribution in [3.05, 3.63) is 12.2 Å². The van der Waals surface area contributed by atoms with E-state index < -0.39 is 16.6 Å². The highest BCUT2D eigenvalue weighted by atomic mass is 28.4. The molecule has 2 aliphatic rings. The number of methoxy groups -OCH3 is 1. The van der Waals surface area contributed by atoms with Crippen LogP contribution in [-0.4, -0.2) is 47.7 Å². The molecular formula is C36H64O5Si2. The first kappa shape index (κ1) is 38.0. The maximum atomic E-state index is 13.4. The number of Topliss-reactive ketones (excluding diaryl/α,β-unsaturated/α-hetero) is 1. The molecule has 2 rings (SSSR count). The molecule has 0 N–H and O–H groups in total. The largest absolute Gasteiger partial charge is 0.469 e. The Labute approximate surface area is 266 Å². The highest BCUT2D eigenvalue weighted by Gasteiger charge is 2.49. The van der Waals surface area contributed by atoms with Crippen molar-refractivity contribution in [2.75, 3.05) is 7.11 Å². The quantitative estimate of drug-likeness (QED) is 0.0627. The number of ketones is 1. The van der Waals surface area contributed by atoms with Crippen molar-refractivity contribution >= 4 is 28.4 Å². The maximum Gasteiger partial charge on any atom is 0.305 e. The number of hydrogen-bond donors (Lipinski definition) is 0. The molecule has 5 nitrogen and oxygen atoms in total. The standard InChI is InChI=1S/C36H64O5Si2/c1-13-24-36(25-19-26-36)32(41-43(11,12)35(5,6)7)22-18-21-29-28(20-16-14-15-17-23-33(38)39-8)30(37)27-31(29)40-42(9,10)34(2,3)4/h18,21,28-29,31-32H,13,15,17,19-20,22-27H2,1-12H3/t28-,29-,31-,32?/m1/s1. The Morgan fingerprint density at radius 1 is 1.05 bits per heavy atom. The minimum Gasteiger partial charge on any atom is -0.469 e. The fourth-order valence-corrected chi connectivity index (χ4v) is 8.78. The van der Waals surface area contributed by atoms with Gasteiger partial charge < -0.3 is 13.6 Å². The molecule has 2 saturated carbocycles. The van der Waals surface area contributed by atoms with Gasteiger partial charge >= 0.3 is 5.97 Å². The van der Waals surface area contributed by atoms with Gasteiger partial charge in [-0.15, -0.1) is 11.8 Å². The number of carbonyl (C=O) groups is 2. The topological polar surface area (TPSA) is 61.8 Å². The Balaban J connectivity index is 2.31. The van der Waals surface area contributed by atoms with E-state index in [9.17, 15) is 9.59 Å². The molecule has 0 radical (unpaired) electrons. The molecule has 1 unspecified atom stereocenters.